The molecule has 0 saturated carbocycles. The van der Waals surface area contributed by atoms with Crippen LogP contribution in [0.5, 0.6) is 5.75 Å². The van der Waals surface area contributed by atoms with Gasteiger partial charge in [-0.15, -0.1) is 24.0 Å². The number of aliphatic imine (C=N–C) groups is 1. The highest BCUT2D eigenvalue weighted by molar-refractivity contribution is 14.0. The average Bonchev–Trinajstić information content (AvgIpc) is 3.36. The number of halogens is 1. The Balaban J connectivity index is 0.00000385. The van der Waals surface area contributed by atoms with E-state index in [2.05, 4.69) is 81.9 Å². The van der Waals surface area contributed by atoms with Gasteiger partial charge in [0, 0.05) is 32.2 Å². The van der Waals surface area contributed by atoms with Gasteiger partial charge in [0.05, 0.1) is 13.2 Å². The van der Waals surface area contributed by atoms with Crippen LogP contribution in [-0.4, -0.2) is 63.1 Å². The summed E-state index contributed by atoms with van der Waals surface area (Å²) in [6.45, 7) is 7.96. The number of hydrogen-bond acceptors (Lipinski definition) is 4. The minimum atomic E-state index is 0. The summed E-state index contributed by atoms with van der Waals surface area (Å²) in [5.74, 6) is 1.77. The largest absolute Gasteiger partial charge is 0.496 e. The second kappa shape index (κ2) is 14.4. The lowest BCUT2D eigenvalue weighted by Gasteiger charge is -2.30. The Morgan fingerprint density at radius 2 is 1.82 bits per heavy atom. The summed E-state index contributed by atoms with van der Waals surface area (Å²) in [7, 11) is 5.73. The van der Waals surface area contributed by atoms with Gasteiger partial charge in [0.2, 0.25) is 0 Å². The molecule has 1 heterocycles. The molecular weight excluding hydrogens is 525 g/mol. The lowest BCUT2D eigenvalue weighted by Crippen LogP contribution is -2.42. The van der Waals surface area contributed by atoms with Gasteiger partial charge in [-0.1, -0.05) is 49.4 Å². The quantitative estimate of drug-likeness (QED) is 0.256. The van der Waals surface area contributed by atoms with E-state index in [1.165, 1.54) is 29.5 Å². The molecule has 0 aliphatic carbocycles. The van der Waals surface area contributed by atoms with E-state index in [0.717, 1.165) is 51.0 Å². The number of nitrogens with zero attached hydrogens (tertiary/aromatic N) is 3. The van der Waals surface area contributed by atoms with Crippen LogP contribution in [0.15, 0.2) is 53.5 Å². The van der Waals surface area contributed by atoms with Crippen LogP contribution in [0, 0.1) is 0 Å². The van der Waals surface area contributed by atoms with Crippen LogP contribution in [0.3, 0.4) is 0 Å². The standard InChI is InChI=1S/C26H39N5O.HI/c1-5-30(3)20-22-12-10-11-21(17-22)18-28-26(27-2)29-19-24(31-15-8-9-16-31)23-13-6-7-14-25(23)32-4;/h6-7,10-14,17,24H,5,8-9,15-16,18-20H2,1-4H3,(H2,27,28,29);1H. The molecule has 7 heteroatoms. The highest BCUT2D eigenvalue weighted by Crippen LogP contribution is 2.31. The molecule has 2 N–H and O–H groups in total. The third-order valence-corrected chi connectivity index (χ3v) is 6.21. The van der Waals surface area contributed by atoms with Gasteiger partial charge in [0.25, 0.3) is 0 Å². The number of guanidine groups is 1. The summed E-state index contributed by atoms with van der Waals surface area (Å²) in [5.41, 5.74) is 3.82. The van der Waals surface area contributed by atoms with Crippen LogP contribution in [0.2, 0.25) is 0 Å². The minimum Gasteiger partial charge on any atom is -0.496 e. The van der Waals surface area contributed by atoms with Crippen molar-refractivity contribution in [3.63, 3.8) is 0 Å². The predicted molar refractivity (Wildman–Crippen MR) is 149 cm³/mol. The van der Waals surface area contributed by atoms with Crippen LogP contribution in [0.25, 0.3) is 0 Å². The average molecular weight is 566 g/mol. The van der Waals surface area contributed by atoms with E-state index in [4.69, 9.17) is 4.74 Å². The van der Waals surface area contributed by atoms with Crippen LogP contribution in [0.1, 0.15) is 42.5 Å². The highest BCUT2D eigenvalue weighted by atomic mass is 127. The fourth-order valence-electron chi connectivity index (χ4n) is 4.29. The molecule has 1 aliphatic heterocycles. The van der Waals surface area contributed by atoms with E-state index in [1.807, 2.05) is 13.1 Å². The Morgan fingerprint density at radius 3 is 2.52 bits per heavy atom. The van der Waals surface area contributed by atoms with Crippen molar-refractivity contribution in [2.75, 3.05) is 47.4 Å². The maximum Gasteiger partial charge on any atom is 0.191 e. The molecule has 33 heavy (non-hydrogen) atoms. The van der Waals surface area contributed by atoms with Gasteiger partial charge < -0.3 is 20.3 Å². The smallest absolute Gasteiger partial charge is 0.191 e. The lowest BCUT2D eigenvalue weighted by atomic mass is 10.0. The molecule has 0 spiro atoms. The molecule has 1 unspecified atom stereocenters. The summed E-state index contributed by atoms with van der Waals surface area (Å²) < 4.78 is 5.67. The molecule has 1 saturated heterocycles. The van der Waals surface area contributed by atoms with Crippen molar-refractivity contribution in [3.8, 4) is 5.75 Å². The van der Waals surface area contributed by atoms with E-state index >= 15 is 0 Å². The molecule has 0 aromatic heterocycles. The number of benzene rings is 2. The van der Waals surface area contributed by atoms with Crippen LogP contribution in [0.4, 0.5) is 0 Å². The topological polar surface area (TPSA) is 52.1 Å². The first kappa shape index (κ1) is 27.4. The number of likely N-dealkylation sites (tertiary alicyclic amines) is 1. The minimum absolute atomic E-state index is 0. The number of nitrogens with one attached hydrogen (secondary N) is 2. The Kier molecular flexibility index (Phi) is 12.0. The van der Waals surface area contributed by atoms with E-state index < -0.39 is 0 Å². The van der Waals surface area contributed by atoms with Gasteiger partial charge >= 0.3 is 0 Å². The zero-order valence-corrected chi connectivity index (χ0v) is 22.8. The third-order valence-electron chi connectivity index (χ3n) is 6.21. The predicted octanol–water partition coefficient (Wildman–Crippen LogP) is 4.27. The number of para-hydroxylation sites is 1. The summed E-state index contributed by atoms with van der Waals surface area (Å²) in [4.78, 5) is 9.31. The van der Waals surface area contributed by atoms with Crippen molar-refractivity contribution in [3.05, 3.63) is 65.2 Å². The van der Waals surface area contributed by atoms with Crippen LogP contribution < -0.4 is 15.4 Å². The Labute approximate surface area is 216 Å². The molecule has 0 amide bonds. The SMILES string of the molecule is CCN(C)Cc1cccc(CNC(=NC)NCC(c2ccccc2OC)N2CCCC2)c1.I. The second-order valence-electron chi connectivity index (χ2n) is 8.46. The number of ether oxygens (including phenoxy) is 1. The monoisotopic (exact) mass is 565 g/mol. The first-order valence-electron chi connectivity index (χ1n) is 11.7. The summed E-state index contributed by atoms with van der Waals surface area (Å²) in [5, 5.41) is 7.04. The maximum absolute atomic E-state index is 5.67. The molecule has 182 valence electrons. The van der Waals surface area contributed by atoms with Crippen molar-refractivity contribution in [2.24, 2.45) is 4.99 Å². The molecule has 1 atom stereocenters. The first-order chi connectivity index (χ1) is 15.6. The van der Waals surface area contributed by atoms with Crippen molar-refractivity contribution < 1.29 is 4.74 Å². The number of rotatable bonds is 10. The van der Waals surface area contributed by atoms with Gasteiger partial charge in [-0.05, 0) is 56.7 Å². The molecule has 1 fully saturated rings. The van der Waals surface area contributed by atoms with Crippen molar-refractivity contribution >= 4 is 29.9 Å². The number of hydrogen-bond donors (Lipinski definition) is 2. The fourth-order valence-corrected chi connectivity index (χ4v) is 4.29. The normalized spacial score (nSPS) is 15.2. The van der Waals surface area contributed by atoms with Gasteiger partial charge in [-0.25, -0.2) is 0 Å². The zero-order valence-electron chi connectivity index (χ0n) is 20.5. The lowest BCUT2D eigenvalue weighted by molar-refractivity contribution is 0.239. The Morgan fingerprint density at radius 1 is 1.09 bits per heavy atom. The second-order valence-corrected chi connectivity index (χ2v) is 8.46. The van der Waals surface area contributed by atoms with Crippen molar-refractivity contribution in [2.45, 2.75) is 38.9 Å². The van der Waals surface area contributed by atoms with Gasteiger partial charge in [-0.3, -0.25) is 9.89 Å². The summed E-state index contributed by atoms with van der Waals surface area (Å²) in [6.07, 6.45) is 2.50. The summed E-state index contributed by atoms with van der Waals surface area (Å²) >= 11 is 0. The van der Waals surface area contributed by atoms with Crippen LogP contribution >= 0.6 is 24.0 Å². The van der Waals surface area contributed by atoms with Gasteiger partial charge in [0.1, 0.15) is 5.75 Å². The highest BCUT2D eigenvalue weighted by Gasteiger charge is 2.26. The van der Waals surface area contributed by atoms with Crippen molar-refractivity contribution in [1.82, 2.24) is 20.4 Å². The first-order valence-corrected chi connectivity index (χ1v) is 11.7. The molecular formula is C26H40IN5O. The van der Waals surface area contributed by atoms with E-state index in [0.29, 0.717) is 0 Å². The summed E-state index contributed by atoms with van der Waals surface area (Å²) in [6, 6.07) is 17.4. The maximum atomic E-state index is 5.67. The molecule has 0 radical (unpaired) electrons. The van der Waals surface area contributed by atoms with Crippen molar-refractivity contribution in [1.29, 1.82) is 0 Å². The molecule has 0 bridgehead atoms. The fraction of sp³-hybridized carbons (Fsp3) is 0.500. The number of methoxy groups -OCH3 is 1. The van der Waals surface area contributed by atoms with Crippen LogP contribution in [-0.2, 0) is 13.1 Å². The molecule has 3 rings (SSSR count). The molecule has 6 nitrogen and oxygen atoms in total. The molecule has 2 aromatic carbocycles. The van der Waals surface area contributed by atoms with Gasteiger partial charge in [0.15, 0.2) is 5.96 Å². The third kappa shape index (κ3) is 8.15. The Hall–Kier alpha value is -1.84. The van der Waals surface area contributed by atoms with E-state index in [-0.39, 0.29) is 30.0 Å². The van der Waals surface area contributed by atoms with Gasteiger partial charge in [-0.2, -0.15) is 0 Å². The van der Waals surface area contributed by atoms with E-state index in [9.17, 15) is 0 Å². The van der Waals surface area contributed by atoms with E-state index in [1.54, 1.807) is 7.11 Å². The Bertz CT molecular complexity index is 869. The molecule has 2 aromatic rings. The molecule has 1 aliphatic rings. The zero-order chi connectivity index (χ0) is 22.8.